The molecule has 0 aromatic heterocycles. The van der Waals surface area contributed by atoms with Crippen LogP contribution >= 0.6 is 15.9 Å². The first-order chi connectivity index (χ1) is 10.0. The van der Waals surface area contributed by atoms with E-state index in [9.17, 15) is 0 Å². The van der Waals surface area contributed by atoms with Crippen molar-refractivity contribution in [1.29, 1.82) is 0 Å². The maximum Gasteiger partial charge on any atom is 0.124 e. The fourth-order valence-corrected chi connectivity index (χ4v) is 2.46. The molecule has 0 bridgehead atoms. The van der Waals surface area contributed by atoms with Crippen LogP contribution in [-0.4, -0.2) is 7.11 Å². The van der Waals surface area contributed by atoms with Gasteiger partial charge in [-0.15, -0.1) is 0 Å². The molecule has 0 aliphatic carbocycles. The van der Waals surface area contributed by atoms with Crippen molar-refractivity contribution >= 4 is 15.9 Å². The van der Waals surface area contributed by atoms with Crippen molar-refractivity contribution in [2.45, 2.75) is 26.5 Å². The van der Waals surface area contributed by atoms with E-state index in [0.717, 1.165) is 27.1 Å². The zero-order valence-electron chi connectivity index (χ0n) is 12.5. The van der Waals surface area contributed by atoms with Gasteiger partial charge >= 0.3 is 0 Å². The van der Waals surface area contributed by atoms with E-state index >= 15 is 0 Å². The van der Waals surface area contributed by atoms with Gasteiger partial charge in [0.2, 0.25) is 0 Å². The largest absolute Gasteiger partial charge is 0.497 e. The van der Waals surface area contributed by atoms with Crippen molar-refractivity contribution in [1.82, 2.24) is 0 Å². The summed E-state index contributed by atoms with van der Waals surface area (Å²) in [5, 5.41) is 0. The van der Waals surface area contributed by atoms with Gasteiger partial charge in [0.25, 0.3) is 0 Å². The standard InChI is InChI=1S/C17H20BrNO2/c1-11-4-7-17(15(8-11)12(2)19)21-10-13-9-14(20-3)5-6-16(13)18/h4-9,12H,10,19H2,1-3H3/t12-/m1/s1. The van der Waals surface area contributed by atoms with Crippen LogP contribution in [0.2, 0.25) is 0 Å². The number of aryl methyl sites for hydroxylation is 1. The molecule has 0 aliphatic rings. The van der Waals surface area contributed by atoms with E-state index in [4.69, 9.17) is 15.2 Å². The number of nitrogens with two attached hydrogens (primary N) is 1. The molecule has 21 heavy (non-hydrogen) atoms. The van der Waals surface area contributed by atoms with E-state index in [1.165, 1.54) is 5.56 Å². The maximum absolute atomic E-state index is 6.02. The van der Waals surface area contributed by atoms with E-state index < -0.39 is 0 Å². The quantitative estimate of drug-likeness (QED) is 0.871. The van der Waals surface area contributed by atoms with Crippen molar-refractivity contribution in [3.8, 4) is 11.5 Å². The minimum absolute atomic E-state index is 0.0614. The number of rotatable bonds is 5. The molecule has 0 heterocycles. The number of ether oxygens (including phenoxy) is 2. The summed E-state index contributed by atoms with van der Waals surface area (Å²) >= 11 is 3.53. The summed E-state index contributed by atoms with van der Waals surface area (Å²) in [4.78, 5) is 0. The fourth-order valence-electron chi connectivity index (χ4n) is 2.10. The fraction of sp³-hybridized carbons (Fsp3) is 0.294. The van der Waals surface area contributed by atoms with Crippen LogP contribution in [0.3, 0.4) is 0 Å². The van der Waals surface area contributed by atoms with E-state index in [-0.39, 0.29) is 6.04 Å². The third kappa shape index (κ3) is 3.99. The van der Waals surface area contributed by atoms with Gasteiger partial charge in [-0.05, 0) is 38.1 Å². The predicted octanol–water partition coefficient (Wildman–Crippen LogP) is 4.36. The van der Waals surface area contributed by atoms with Crippen LogP contribution in [0.5, 0.6) is 11.5 Å². The minimum Gasteiger partial charge on any atom is -0.497 e. The molecular weight excluding hydrogens is 330 g/mol. The molecule has 0 fully saturated rings. The average molecular weight is 350 g/mol. The molecule has 2 N–H and O–H groups in total. The molecule has 2 aromatic carbocycles. The zero-order chi connectivity index (χ0) is 15.4. The van der Waals surface area contributed by atoms with Gasteiger partial charge < -0.3 is 15.2 Å². The second-order valence-corrected chi connectivity index (χ2v) is 5.93. The van der Waals surface area contributed by atoms with E-state index in [2.05, 4.69) is 22.0 Å². The SMILES string of the molecule is COc1ccc(Br)c(COc2ccc(C)cc2[C@@H](C)N)c1. The molecule has 3 nitrogen and oxygen atoms in total. The van der Waals surface area contributed by atoms with Gasteiger partial charge in [-0.3, -0.25) is 0 Å². The molecule has 0 saturated carbocycles. The van der Waals surface area contributed by atoms with E-state index in [1.54, 1.807) is 7.11 Å². The van der Waals surface area contributed by atoms with Crippen molar-refractivity contribution in [3.63, 3.8) is 0 Å². The Hall–Kier alpha value is -1.52. The van der Waals surface area contributed by atoms with Crippen molar-refractivity contribution in [2.75, 3.05) is 7.11 Å². The lowest BCUT2D eigenvalue weighted by Crippen LogP contribution is -2.08. The summed E-state index contributed by atoms with van der Waals surface area (Å²) in [6.45, 7) is 4.47. The highest BCUT2D eigenvalue weighted by atomic mass is 79.9. The van der Waals surface area contributed by atoms with Gasteiger partial charge in [0.05, 0.1) is 7.11 Å². The molecule has 0 radical (unpaired) electrons. The molecule has 1 atom stereocenters. The van der Waals surface area contributed by atoms with Crippen LogP contribution in [0.15, 0.2) is 40.9 Å². The van der Waals surface area contributed by atoms with Crippen LogP contribution < -0.4 is 15.2 Å². The van der Waals surface area contributed by atoms with Gasteiger partial charge in [-0.25, -0.2) is 0 Å². The Morgan fingerprint density at radius 1 is 1.19 bits per heavy atom. The third-order valence-corrected chi connectivity index (χ3v) is 4.07. The molecule has 112 valence electrons. The number of methoxy groups -OCH3 is 1. The molecule has 2 aromatic rings. The third-order valence-electron chi connectivity index (χ3n) is 3.29. The Labute approximate surface area is 134 Å². The number of hydrogen-bond donors (Lipinski definition) is 1. The number of benzene rings is 2. The molecule has 0 spiro atoms. The van der Waals surface area contributed by atoms with Gasteiger partial charge in [0, 0.05) is 21.6 Å². The first-order valence-corrected chi connectivity index (χ1v) is 7.62. The summed E-state index contributed by atoms with van der Waals surface area (Å²) in [7, 11) is 1.65. The maximum atomic E-state index is 6.02. The van der Waals surface area contributed by atoms with Gasteiger partial charge in [0.1, 0.15) is 18.1 Å². The van der Waals surface area contributed by atoms with E-state index in [1.807, 2.05) is 44.2 Å². The monoisotopic (exact) mass is 349 g/mol. The van der Waals surface area contributed by atoms with Crippen molar-refractivity contribution in [2.24, 2.45) is 5.73 Å². The summed E-state index contributed by atoms with van der Waals surface area (Å²) in [5.41, 5.74) is 9.25. The van der Waals surface area contributed by atoms with Crippen LogP contribution in [-0.2, 0) is 6.61 Å². The normalized spacial score (nSPS) is 12.0. The highest BCUT2D eigenvalue weighted by Crippen LogP contribution is 2.28. The van der Waals surface area contributed by atoms with E-state index in [0.29, 0.717) is 6.61 Å². The Balaban J connectivity index is 2.20. The van der Waals surface area contributed by atoms with Crippen LogP contribution in [0.25, 0.3) is 0 Å². The van der Waals surface area contributed by atoms with Crippen LogP contribution in [0.4, 0.5) is 0 Å². The van der Waals surface area contributed by atoms with Crippen molar-refractivity contribution < 1.29 is 9.47 Å². The summed E-state index contributed by atoms with van der Waals surface area (Å²) in [5.74, 6) is 1.64. The Morgan fingerprint density at radius 2 is 1.95 bits per heavy atom. The average Bonchev–Trinajstić information content (AvgIpc) is 2.47. The summed E-state index contributed by atoms with van der Waals surface area (Å²) in [6, 6.07) is 11.8. The summed E-state index contributed by atoms with van der Waals surface area (Å²) < 4.78 is 12.2. The molecule has 0 saturated heterocycles. The topological polar surface area (TPSA) is 44.5 Å². The Kier molecular flexibility index (Phi) is 5.26. The zero-order valence-corrected chi connectivity index (χ0v) is 14.1. The molecule has 0 unspecified atom stereocenters. The first-order valence-electron chi connectivity index (χ1n) is 6.82. The van der Waals surface area contributed by atoms with Gasteiger partial charge in [0.15, 0.2) is 0 Å². The lowest BCUT2D eigenvalue weighted by molar-refractivity contribution is 0.299. The molecule has 2 rings (SSSR count). The van der Waals surface area contributed by atoms with Crippen LogP contribution in [0, 0.1) is 6.92 Å². The highest BCUT2D eigenvalue weighted by Gasteiger charge is 2.10. The number of hydrogen-bond acceptors (Lipinski definition) is 3. The number of halogens is 1. The van der Waals surface area contributed by atoms with Crippen LogP contribution in [0.1, 0.15) is 29.7 Å². The second-order valence-electron chi connectivity index (χ2n) is 5.08. The molecule has 0 aliphatic heterocycles. The minimum atomic E-state index is -0.0614. The lowest BCUT2D eigenvalue weighted by Gasteiger charge is -2.15. The first kappa shape index (κ1) is 15.9. The second kappa shape index (κ2) is 6.96. The lowest BCUT2D eigenvalue weighted by atomic mass is 10.1. The van der Waals surface area contributed by atoms with Crippen molar-refractivity contribution in [3.05, 3.63) is 57.6 Å². The van der Waals surface area contributed by atoms with Gasteiger partial charge in [-0.1, -0.05) is 33.6 Å². The summed E-state index contributed by atoms with van der Waals surface area (Å²) in [6.07, 6.45) is 0. The molecular formula is C17H20BrNO2. The van der Waals surface area contributed by atoms with Gasteiger partial charge in [-0.2, -0.15) is 0 Å². The molecule has 0 amide bonds. The highest BCUT2D eigenvalue weighted by molar-refractivity contribution is 9.10. The Morgan fingerprint density at radius 3 is 2.62 bits per heavy atom. The smallest absolute Gasteiger partial charge is 0.124 e. The Bertz CT molecular complexity index is 626. The predicted molar refractivity (Wildman–Crippen MR) is 88.8 cm³/mol. The molecule has 4 heteroatoms.